The average molecular weight is 157 g/mol. The van der Waals surface area contributed by atoms with Gasteiger partial charge < -0.3 is 4.90 Å². The topological polar surface area (TPSA) is 20.3 Å². The largest absolute Gasteiger partial charge is 0.303 e. The van der Waals surface area contributed by atoms with Crippen LogP contribution in [0.5, 0.6) is 0 Å². The van der Waals surface area contributed by atoms with Crippen molar-refractivity contribution >= 4 is 5.78 Å². The third-order valence-corrected chi connectivity index (χ3v) is 1.77. The molecule has 2 heteroatoms. The van der Waals surface area contributed by atoms with E-state index in [0.717, 1.165) is 19.6 Å². The van der Waals surface area contributed by atoms with Crippen LogP contribution in [0, 0.1) is 0 Å². The molecule has 11 heavy (non-hydrogen) atoms. The number of nitrogens with zero attached hydrogens (tertiary/aromatic N) is 1. The number of ketones is 1. The van der Waals surface area contributed by atoms with Gasteiger partial charge in [0.15, 0.2) is 0 Å². The summed E-state index contributed by atoms with van der Waals surface area (Å²) in [5, 5.41) is 0. The molecule has 0 saturated carbocycles. The fraction of sp³-hybridized carbons (Fsp3) is 0.889. The predicted molar refractivity (Wildman–Crippen MR) is 47.7 cm³/mol. The number of Topliss-reactive ketones (excluding diaryl/α,β-unsaturated/α-hetero) is 1. The van der Waals surface area contributed by atoms with Gasteiger partial charge in [-0.25, -0.2) is 0 Å². The second kappa shape index (κ2) is 6.35. The SMILES string of the molecule is CCCN(CC)CCC(C)=O. The summed E-state index contributed by atoms with van der Waals surface area (Å²) in [6.07, 6.45) is 1.87. The number of hydrogen-bond donors (Lipinski definition) is 0. The summed E-state index contributed by atoms with van der Waals surface area (Å²) in [5.74, 6) is 0.291. The van der Waals surface area contributed by atoms with Crippen LogP contribution in [0.3, 0.4) is 0 Å². The predicted octanol–water partition coefficient (Wildman–Crippen LogP) is 1.70. The molecule has 0 N–H and O–H groups in total. The second-order valence-electron chi connectivity index (χ2n) is 2.89. The van der Waals surface area contributed by atoms with Crippen molar-refractivity contribution < 1.29 is 4.79 Å². The van der Waals surface area contributed by atoms with Gasteiger partial charge in [0.05, 0.1) is 0 Å². The van der Waals surface area contributed by atoms with Crippen LogP contribution in [-0.2, 0) is 4.79 Å². The van der Waals surface area contributed by atoms with Crippen LogP contribution in [0.4, 0.5) is 0 Å². The molecule has 0 fully saturated rings. The number of carbonyl (C=O) groups excluding carboxylic acids is 1. The molecule has 0 aromatic carbocycles. The van der Waals surface area contributed by atoms with E-state index in [9.17, 15) is 4.79 Å². The van der Waals surface area contributed by atoms with Crippen LogP contribution in [0.1, 0.15) is 33.6 Å². The first kappa shape index (κ1) is 10.6. The molecular weight excluding hydrogens is 138 g/mol. The van der Waals surface area contributed by atoms with Crippen molar-refractivity contribution in [2.75, 3.05) is 19.6 Å². The third kappa shape index (κ3) is 6.05. The molecule has 0 spiro atoms. The van der Waals surface area contributed by atoms with Gasteiger partial charge in [-0.3, -0.25) is 4.79 Å². The lowest BCUT2D eigenvalue weighted by atomic mass is 10.3. The molecule has 0 aliphatic heterocycles. The number of carbonyl (C=O) groups is 1. The van der Waals surface area contributed by atoms with Crippen LogP contribution in [0.15, 0.2) is 0 Å². The van der Waals surface area contributed by atoms with Crippen molar-refractivity contribution in [3.8, 4) is 0 Å². The summed E-state index contributed by atoms with van der Waals surface area (Å²) in [6, 6.07) is 0. The normalized spacial score (nSPS) is 10.5. The van der Waals surface area contributed by atoms with Crippen molar-refractivity contribution in [3.05, 3.63) is 0 Å². The smallest absolute Gasteiger partial charge is 0.131 e. The molecular formula is C9H19NO. The Balaban J connectivity index is 3.43. The van der Waals surface area contributed by atoms with Crippen LogP contribution in [0.2, 0.25) is 0 Å². The quantitative estimate of drug-likeness (QED) is 0.585. The molecule has 0 aliphatic carbocycles. The Morgan fingerprint density at radius 3 is 2.27 bits per heavy atom. The van der Waals surface area contributed by atoms with Crippen LogP contribution in [0.25, 0.3) is 0 Å². The van der Waals surface area contributed by atoms with Crippen LogP contribution >= 0.6 is 0 Å². The van der Waals surface area contributed by atoms with Crippen LogP contribution < -0.4 is 0 Å². The molecule has 2 nitrogen and oxygen atoms in total. The first-order valence-corrected chi connectivity index (χ1v) is 4.42. The van der Waals surface area contributed by atoms with Gasteiger partial charge in [-0.2, -0.15) is 0 Å². The van der Waals surface area contributed by atoms with E-state index in [-0.39, 0.29) is 0 Å². The molecule has 66 valence electrons. The van der Waals surface area contributed by atoms with Gasteiger partial charge in [-0.05, 0) is 26.4 Å². The maximum absolute atomic E-state index is 10.6. The fourth-order valence-corrected chi connectivity index (χ4v) is 1.06. The first-order chi connectivity index (χ1) is 5.20. The maximum Gasteiger partial charge on any atom is 0.131 e. The molecule has 0 radical (unpaired) electrons. The standard InChI is InChI=1S/C9H19NO/c1-4-7-10(5-2)8-6-9(3)11/h4-8H2,1-3H3. The first-order valence-electron chi connectivity index (χ1n) is 4.42. The zero-order chi connectivity index (χ0) is 8.69. The van der Waals surface area contributed by atoms with E-state index in [1.54, 1.807) is 6.92 Å². The highest BCUT2D eigenvalue weighted by Gasteiger charge is 2.01. The minimum atomic E-state index is 0.291. The summed E-state index contributed by atoms with van der Waals surface area (Å²) >= 11 is 0. The van der Waals surface area contributed by atoms with Crippen molar-refractivity contribution in [2.24, 2.45) is 0 Å². The van der Waals surface area contributed by atoms with E-state index in [1.165, 1.54) is 6.42 Å². The minimum absolute atomic E-state index is 0.291. The molecule has 0 atom stereocenters. The average Bonchev–Trinajstić information content (AvgIpc) is 1.97. The highest BCUT2D eigenvalue weighted by Crippen LogP contribution is 1.93. The minimum Gasteiger partial charge on any atom is -0.303 e. The van der Waals surface area contributed by atoms with Gasteiger partial charge >= 0.3 is 0 Å². The molecule has 0 unspecified atom stereocenters. The van der Waals surface area contributed by atoms with Gasteiger partial charge in [-0.1, -0.05) is 13.8 Å². The van der Waals surface area contributed by atoms with Crippen LogP contribution in [-0.4, -0.2) is 30.3 Å². The van der Waals surface area contributed by atoms with Crippen molar-refractivity contribution in [3.63, 3.8) is 0 Å². The summed E-state index contributed by atoms with van der Waals surface area (Å²) in [6.45, 7) is 9.05. The van der Waals surface area contributed by atoms with Gasteiger partial charge in [0.25, 0.3) is 0 Å². The molecule has 0 bridgehead atoms. The van der Waals surface area contributed by atoms with Crippen molar-refractivity contribution in [2.45, 2.75) is 33.6 Å². The monoisotopic (exact) mass is 157 g/mol. The van der Waals surface area contributed by atoms with E-state index < -0.39 is 0 Å². The Kier molecular flexibility index (Phi) is 6.13. The zero-order valence-electron chi connectivity index (χ0n) is 7.89. The molecule has 0 amide bonds. The maximum atomic E-state index is 10.6. The Bertz CT molecular complexity index is 112. The lowest BCUT2D eigenvalue weighted by Crippen LogP contribution is -2.26. The van der Waals surface area contributed by atoms with Crippen molar-refractivity contribution in [1.29, 1.82) is 0 Å². The van der Waals surface area contributed by atoms with E-state index in [0.29, 0.717) is 12.2 Å². The summed E-state index contributed by atoms with van der Waals surface area (Å²) in [5.41, 5.74) is 0. The molecule has 0 aliphatic rings. The Morgan fingerprint density at radius 1 is 1.27 bits per heavy atom. The summed E-state index contributed by atoms with van der Waals surface area (Å²) in [4.78, 5) is 12.9. The van der Waals surface area contributed by atoms with E-state index in [4.69, 9.17) is 0 Å². The molecule has 0 rings (SSSR count). The Morgan fingerprint density at radius 2 is 1.91 bits per heavy atom. The van der Waals surface area contributed by atoms with E-state index in [2.05, 4.69) is 18.7 Å². The molecule has 0 aromatic heterocycles. The van der Waals surface area contributed by atoms with E-state index >= 15 is 0 Å². The van der Waals surface area contributed by atoms with Gasteiger partial charge in [0.1, 0.15) is 5.78 Å². The molecule has 0 saturated heterocycles. The zero-order valence-corrected chi connectivity index (χ0v) is 7.89. The lowest BCUT2D eigenvalue weighted by molar-refractivity contribution is -0.117. The van der Waals surface area contributed by atoms with Gasteiger partial charge in [0, 0.05) is 13.0 Å². The number of rotatable bonds is 6. The fourth-order valence-electron chi connectivity index (χ4n) is 1.06. The molecule has 0 aromatic rings. The highest BCUT2D eigenvalue weighted by atomic mass is 16.1. The lowest BCUT2D eigenvalue weighted by Gasteiger charge is -2.18. The highest BCUT2D eigenvalue weighted by molar-refractivity contribution is 5.75. The van der Waals surface area contributed by atoms with Gasteiger partial charge in [-0.15, -0.1) is 0 Å². The summed E-state index contributed by atoms with van der Waals surface area (Å²) in [7, 11) is 0. The third-order valence-electron chi connectivity index (χ3n) is 1.77. The molecule has 0 heterocycles. The van der Waals surface area contributed by atoms with Crippen molar-refractivity contribution in [1.82, 2.24) is 4.90 Å². The second-order valence-corrected chi connectivity index (χ2v) is 2.89. The Labute approximate surface area is 69.6 Å². The number of hydrogen-bond acceptors (Lipinski definition) is 2. The van der Waals surface area contributed by atoms with E-state index in [1.807, 2.05) is 0 Å². The van der Waals surface area contributed by atoms with Gasteiger partial charge in [0.2, 0.25) is 0 Å². The summed E-state index contributed by atoms with van der Waals surface area (Å²) < 4.78 is 0. The Hall–Kier alpha value is -0.370.